The SMILES string of the molecule is CCCOC(=O)NCCOc1cccc2c1Nc1nc(=O)n([C@H]3C[C@@H](O)[C@@H](CO)O3)cc1O2. The highest BCUT2D eigenvalue weighted by Crippen LogP contribution is 2.45. The van der Waals surface area contributed by atoms with E-state index >= 15 is 0 Å². The lowest BCUT2D eigenvalue weighted by molar-refractivity contribution is -0.0459. The monoisotopic (exact) mass is 462 g/mol. The van der Waals surface area contributed by atoms with E-state index in [0.29, 0.717) is 29.5 Å². The molecule has 3 heterocycles. The number of rotatable bonds is 8. The first kappa shape index (κ1) is 22.8. The van der Waals surface area contributed by atoms with Gasteiger partial charge in [0.2, 0.25) is 0 Å². The Bertz CT molecular complexity index is 1060. The van der Waals surface area contributed by atoms with E-state index in [9.17, 15) is 19.8 Å². The number of benzene rings is 1. The zero-order chi connectivity index (χ0) is 23.4. The number of fused-ring (bicyclic) bond motifs is 2. The van der Waals surface area contributed by atoms with E-state index in [-0.39, 0.29) is 32.0 Å². The maximum Gasteiger partial charge on any atom is 0.407 e. The molecule has 2 aliphatic rings. The number of para-hydroxylation sites is 1. The minimum atomic E-state index is -0.884. The molecule has 4 rings (SSSR count). The number of hydrogen-bond acceptors (Lipinski definition) is 10. The Morgan fingerprint density at radius 1 is 1.36 bits per heavy atom. The molecule has 0 unspecified atom stereocenters. The molecule has 0 bridgehead atoms. The van der Waals surface area contributed by atoms with Crippen molar-refractivity contribution in [3.63, 3.8) is 0 Å². The molecule has 2 aromatic rings. The molecule has 12 nitrogen and oxygen atoms in total. The fourth-order valence-corrected chi connectivity index (χ4v) is 3.51. The van der Waals surface area contributed by atoms with Gasteiger partial charge in [0.1, 0.15) is 30.4 Å². The molecule has 12 heteroatoms. The van der Waals surface area contributed by atoms with Gasteiger partial charge in [-0.1, -0.05) is 13.0 Å². The van der Waals surface area contributed by atoms with Crippen molar-refractivity contribution in [3.05, 3.63) is 34.9 Å². The standard InChI is InChI=1S/C21H26N4O8/c1-2-7-31-21(29)22-6-8-30-13-4-3-5-14-18(13)23-19-15(32-14)10-25(20(28)24-19)17-9-12(27)16(11-26)33-17/h3-5,10,12,16-17,26-27H,2,6-9,11H2,1H3,(H,22,29)(H,23,24,28)/t12-,16-,17-/m1/s1. The number of ether oxygens (including phenoxy) is 4. The summed E-state index contributed by atoms with van der Waals surface area (Å²) in [6.45, 7) is 2.34. The molecule has 0 spiro atoms. The zero-order valence-corrected chi connectivity index (χ0v) is 18.0. The lowest BCUT2D eigenvalue weighted by Crippen LogP contribution is -2.29. The summed E-state index contributed by atoms with van der Waals surface area (Å²) < 4.78 is 23.4. The summed E-state index contributed by atoms with van der Waals surface area (Å²) in [5.41, 5.74) is -0.103. The largest absolute Gasteiger partial charge is 0.489 e. The zero-order valence-electron chi connectivity index (χ0n) is 18.0. The molecule has 0 aliphatic carbocycles. The van der Waals surface area contributed by atoms with Gasteiger partial charge in [-0.2, -0.15) is 4.98 Å². The number of alkyl carbamates (subject to hydrolysis) is 1. The van der Waals surface area contributed by atoms with Crippen LogP contribution in [0, 0.1) is 0 Å². The van der Waals surface area contributed by atoms with Gasteiger partial charge in [0.25, 0.3) is 0 Å². The Balaban J connectivity index is 1.44. The van der Waals surface area contributed by atoms with Crippen LogP contribution in [0.25, 0.3) is 0 Å². The van der Waals surface area contributed by atoms with Crippen LogP contribution < -0.4 is 25.8 Å². The van der Waals surface area contributed by atoms with Crippen LogP contribution in [0.4, 0.5) is 16.3 Å². The summed E-state index contributed by atoms with van der Waals surface area (Å²) in [5, 5.41) is 24.9. The molecule has 1 aromatic carbocycles. The van der Waals surface area contributed by atoms with E-state index in [2.05, 4.69) is 15.6 Å². The number of amides is 1. The number of carbonyl (C=O) groups excluding carboxylic acids is 1. The van der Waals surface area contributed by atoms with Crippen LogP contribution in [-0.2, 0) is 9.47 Å². The normalized spacial score (nSPS) is 20.8. The highest BCUT2D eigenvalue weighted by atomic mass is 16.6. The van der Waals surface area contributed by atoms with Gasteiger partial charge in [0.05, 0.1) is 32.1 Å². The van der Waals surface area contributed by atoms with Crippen LogP contribution in [0.15, 0.2) is 29.2 Å². The summed E-state index contributed by atoms with van der Waals surface area (Å²) in [7, 11) is 0. The van der Waals surface area contributed by atoms with E-state index in [0.717, 1.165) is 6.42 Å². The average molecular weight is 462 g/mol. The van der Waals surface area contributed by atoms with Crippen molar-refractivity contribution in [2.75, 3.05) is 31.7 Å². The van der Waals surface area contributed by atoms with Crippen molar-refractivity contribution in [1.29, 1.82) is 0 Å². The van der Waals surface area contributed by atoms with Gasteiger partial charge < -0.3 is 39.8 Å². The molecular formula is C21H26N4O8. The molecule has 4 N–H and O–H groups in total. The molecular weight excluding hydrogens is 436 g/mol. The first-order valence-electron chi connectivity index (χ1n) is 10.7. The third-order valence-corrected chi connectivity index (χ3v) is 5.13. The molecule has 33 heavy (non-hydrogen) atoms. The molecule has 1 saturated heterocycles. The van der Waals surface area contributed by atoms with E-state index < -0.39 is 30.2 Å². The van der Waals surface area contributed by atoms with E-state index in [1.807, 2.05) is 6.92 Å². The lowest BCUT2D eigenvalue weighted by atomic mass is 10.2. The average Bonchev–Trinajstić information content (AvgIpc) is 3.19. The number of aromatic nitrogens is 2. The maximum atomic E-state index is 12.6. The van der Waals surface area contributed by atoms with E-state index in [1.54, 1.807) is 18.2 Å². The van der Waals surface area contributed by atoms with Crippen LogP contribution in [0.5, 0.6) is 17.2 Å². The molecule has 3 atom stereocenters. The molecule has 0 saturated carbocycles. The number of aliphatic hydroxyl groups excluding tert-OH is 2. The number of nitrogens with one attached hydrogen (secondary N) is 2. The van der Waals surface area contributed by atoms with E-state index in [4.69, 9.17) is 18.9 Å². The van der Waals surface area contributed by atoms with Crippen molar-refractivity contribution in [2.24, 2.45) is 0 Å². The molecule has 2 aliphatic heterocycles. The van der Waals surface area contributed by atoms with Crippen molar-refractivity contribution in [3.8, 4) is 17.2 Å². The van der Waals surface area contributed by atoms with Crippen molar-refractivity contribution < 1.29 is 34.0 Å². The Kier molecular flexibility index (Phi) is 6.96. The minimum absolute atomic E-state index is 0.146. The third-order valence-electron chi connectivity index (χ3n) is 5.13. The first-order chi connectivity index (χ1) is 16.0. The van der Waals surface area contributed by atoms with Crippen LogP contribution >= 0.6 is 0 Å². The van der Waals surface area contributed by atoms with E-state index in [1.165, 1.54) is 10.8 Å². The lowest BCUT2D eigenvalue weighted by Gasteiger charge is -2.24. The third kappa shape index (κ3) is 5.02. The van der Waals surface area contributed by atoms with Crippen LogP contribution in [0.3, 0.4) is 0 Å². The van der Waals surface area contributed by atoms with Gasteiger partial charge >= 0.3 is 11.8 Å². The highest BCUT2D eigenvalue weighted by molar-refractivity contribution is 5.77. The number of nitrogens with zero attached hydrogens (tertiary/aromatic N) is 2. The smallest absolute Gasteiger partial charge is 0.407 e. The molecule has 0 radical (unpaired) electrons. The van der Waals surface area contributed by atoms with Gasteiger partial charge in [-0.05, 0) is 18.6 Å². The van der Waals surface area contributed by atoms with Crippen molar-refractivity contribution in [1.82, 2.24) is 14.9 Å². The summed E-state index contributed by atoms with van der Waals surface area (Å²) in [6, 6.07) is 5.20. The molecule has 1 amide bonds. The van der Waals surface area contributed by atoms with Gasteiger partial charge in [-0.15, -0.1) is 0 Å². The van der Waals surface area contributed by atoms with Crippen LogP contribution in [-0.4, -0.2) is 64.4 Å². The van der Waals surface area contributed by atoms with Gasteiger partial charge in [-0.25, -0.2) is 9.59 Å². The predicted octanol–water partition coefficient (Wildman–Crippen LogP) is 1.25. The highest BCUT2D eigenvalue weighted by Gasteiger charge is 2.36. The van der Waals surface area contributed by atoms with Crippen LogP contribution in [0.1, 0.15) is 26.0 Å². The molecule has 1 aromatic heterocycles. The Labute approximate surface area is 189 Å². The first-order valence-corrected chi connectivity index (χ1v) is 10.7. The minimum Gasteiger partial charge on any atom is -0.489 e. The number of aliphatic hydroxyl groups is 2. The van der Waals surface area contributed by atoms with Gasteiger partial charge in [0.15, 0.2) is 17.3 Å². The predicted molar refractivity (Wildman–Crippen MR) is 115 cm³/mol. The molecule has 1 fully saturated rings. The fourth-order valence-electron chi connectivity index (χ4n) is 3.51. The molecule has 178 valence electrons. The fraction of sp³-hybridized carbons (Fsp3) is 0.476. The Morgan fingerprint density at radius 3 is 2.97 bits per heavy atom. The van der Waals surface area contributed by atoms with Crippen molar-refractivity contribution in [2.45, 2.75) is 38.2 Å². The summed E-state index contributed by atoms with van der Waals surface area (Å²) in [6.07, 6.45) is -0.574. The Hall–Kier alpha value is -3.35. The van der Waals surface area contributed by atoms with Crippen LogP contribution in [0.2, 0.25) is 0 Å². The maximum absolute atomic E-state index is 12.6. The van der Waals surface area contributed by atoms with Crippen molar-refractivity contribution >= 4 is 17.6 Å². The second kappa shape index (κ2) is 10.1. The quantitative estimate of drug-likeness (QED) is 0.360. The Morgan fingerprint density at radius 2 is 2.21 bits per heavy atom. The number of carbonyl (C=O) groups is 1. The number of hydrogen-bond donors (Lipinski definition) is 4. The summed E-state index contributed by atoms with van der Waals surface area (Å²) in [5.74, 6) is 1.42. The second-order valence-corrected chi connectivity index (χ2v) is 7.53. The second-order valence-electron chi connectivity index (χ2n) is 7.53. The summed E-state index contributed by atoms with van der Waals surface area (Å²) in [4.78, 5) is 28.1. The van der Waals surface area contributed by atoms with Gasteiger partial charge in [0, 0.05) is 6.42 Å². The van der Waals surface area contributed by atoms with Gasteiger partial charge in [-0.3, -0.25) is 4.57 Å². The topological polar surface area (TPSA) is 153 Å². The number of anilines is 2. The summed E-state index contributed by atoms with van der Waals surface area (Å²) >= 11 is 0.